The van der Waals surface area contributed by atoms with E-state index in [0.29, 0.717) is 28.2 Å². The summed E-state index contributed by atoms with van der Waals surface area (Å²) in [4.78, 5) is 26.8. The molecule has 0 atom stereocenters. The number of ether oxygens (including phenoxy) is 1. The Labute approximate surface area is 217 Å². The SMILES string of the molecule is COc1ccc2nc3cc(Cl)ccc3c(Nc3cccc(C(=CC=O)c4ccc([N+](=O)[O-])cc4)c3)c2c1. The molecule has 1 aromatic heterocycles. The number of nitrogens with zero attached hydrogens (tertiary/aromatic N) is 2. The summed E-state index contributed by atoms with van der Waals surface area (Å²) in [7, 11) is 1.62. The number of nitrogens with one attached hydrogen (secondary N) is 1. The lowest BCUT2D eigenvalue weighted by Gasteiger charge is -2.16. The van der Waals surface area contributed by atoms with E-state index in [2.05, 4.69) is 5.32 Å². The number of nitro groups is 1. The molecule has 1 heterocycles. The van der Waals surface area contributed by atoms with Gasteiger partial charge in [-0.05, 0) is 83.4 Å². The van der Waals surface area contributed by atoms with E-state index in [-0.39, 0.29) is 5.69 Å². The summed E-state index contributed by atoms with van der Waals surface area (Å²) in [6, 6.07) is 25.0. The van der Waals surface area contributed by atoms with Gasteiger partial charge in [-0.25, -0.2) is 4.98 Å². The van der Waals surface area contributed by atoms with Gasteiger partial charge >= 0.3 is 0 Å². The number of anilines is 2. The first-order chi connectivity index (χ1) is 18.0. The van der Waals surface area contributed by atoms with E-state index in [9.17, 15) is 14.9 Å². The first-order valence-electron chi connectivity index (χ1n) is 11.3. The van der Waals surface area contributed by atoms with Gasteiger partial charge in [-0.3, -0.25) is 14.9 Å². The third-order valence-electron chi connectivity index (χ3n) is 6.01. The van der Waals surface area contributed by atoms with Crippen molar-refractivity contribution in [3.05, 3.63) is 117 Å². The summed E-state index contributed by atoms with van der Waals surface area (Å²) in [5.74, 6) is 0.703. The third-order valence-corrected chi connectivity index (χ3v) is 6.24. The first kappa shape index (κ1) is 24.0. The number of methoxy groups -OCH3 is 1. The molecule has 182 valence electrons. The number of pyridine rings is 1. The first-order valence-corrected chi connectivity index (χ1v) is 11.7. The molecule has 7 nitrogen and oxygen atoms in total. The highest BCUT2D eigenvalue weighted by atomic mass is 35.5. The highest BCUT2D eigenvalue weighted by Crippen LogP contribution is 2.37. The Morgan fingerprint density at radius 3 is 2.49 bits per heavy atom. The minimum absolute atomic E-state index is 0.0170. The van der Waals surface area contributed by atoms with Crippen molar-refractivity contribution in [2.45, 2.75) is 0 Å². The Hall–Kier alpha value is -4.75. The van der Waals surface area contributed by atoms with Gasteiger partial charge in [0.05, 0.1) is 28.8 Å². The number of halogens is 1. The van der Waals surface area contributed by atoms with Gasteiger partial charge in [0, 0.05) is 33.6 Å². The van der Waals surface area contributed by atoms with Crippen LogP contribution in [-0.4, -0.2) is 23.3 Å². The molecule has 0 spiro atoms. The molecular weight excluding hydrogens is 490 g/mol. The minimum atomic E-state index is -0.455. The topological polar surface area (TPSA) is 94.4 Å². The summed E-state index contributed by atoms with van der Waals surface area (Å²) in [5, 5.41) is 16.9. The largest absolute Gasteiger partial charge is 0.497 e. The molecule has 0 unspecified atom stereocenters. The van der Waals surface area contributed by atoms with Crippen molar-refractivity contribution in [2.75, 3.05) is 12.4 Å². The smallest absolute Gasteiger partial charge is 0.269 e. The van der Waals surface area contributed by atoms with E-state index >= 15 is 0 Å². The summed E-state index contributed by atoms with van der Waals surface area (Å²) in [5.41, 5.74) is 5.23. The van der Waals surface area contributed by atoms with Crippen LogP contribution < -0.4 is 10.1 Å². The van der Waals surface area contributed by atoms with Crippen molar-refractivity contribution in [1.82, 2.24) is 4.98 Å². The van der Waals surface area contributed by atoms with Gasteiger partial charge < -0.3 is 10.1 Å². The standard InChI is InChI=1S/C29H20ClN3O4/c1-37-23-10-12-27-26(17-23)29(25-11-7-20(30)16-28(25)32-27)31-21-4-2-3-19(15-21)24(13-14-34)18-5-8-22(9-6-18)33(35)36/h2-17H,1H3,(H,31,32). The van der Waals surface area contributed by atoms with Crippen molar-refractivity contribution in [1.29, 1.82) is 0 Å². The number of fused-ring (bicyclic) bond motifs is 2. The van der Waals surface area contributed by atoms with Gasteiger partial charge in [-0.1, -0.05) is 23.7 Å². The maximum atomic E-state index is 11.5. The Morgan fingerprint density at radius 2 is 1.76 bits per heavy atom. The van der Waals surface area contributed by atoms with Crippen LogP contribution in [-0.2, 0) is 4.79 Å². The van der Waals surface area contributed by atoms with Crippen LogP contribution in [0.1, 0.15) is 11.1 Å². The molecule has 0 aliphatic heterocycles. The normalized spacial score (nSPS) is 11.5. The molecular formula is C29H20ClN3O4. The average molecular weight is 510 g/mol. The number of benzene rings is 4. The molecule has 5 aromatic rings. The molecule has 0 radical (unpaired) electrons. The van der Waals surface area contributed by atoms with Gasteiger partial charge in [0.1, 0.15) is 12.0 Å². The number of aromatic nitrogens is 1. The monoisotopic (exact) mass is 509 g/mol. The van der Waals surface area contributed by atoms with Crippen molar-refractivity contribution >= 4 is 62.3 Å². The molecule has 0 aliphatic rings. The number of allylic oxidation sites excluding steroid dienone is 1. The lowest BCUT2D eigenvalue weighted by molar-refractivity contribution is -0.384. The second-order valence-electron chi connectivity index (χ2n) is 8.26. The Morgan fingerprint density at radius 1 is 0.946 bits per heavy atom. The highest BCUT2D eigenvalue weighted by molar-refractivity contribution is 6.31. The molecule has 5 rings (SSSR count). The average Bonchev–Trinajstić information content (AvgIpc) is 2.91. The Balaban J connectivity index is 1.61. The second kappa shape index (κ2) is 10.1. The van der Waals surface area contributed by atoms with E-state index in [1.165, 1.54) is 18.2 Å². The van der Waals surface area contributed by atoms with Crippen LogP contribution in [0.4, 0.5) is 17.1 Å². The maximum absolute atomic E-state index is 11.5. The predicted molar refractivity (Wildman–Crippen MR) is 147 cm³/mol. The van der Waals surface area contributed by atoms with Gasteiger partial charge in [-0.2, -0.15) is 0 Å². The number of hydrogen-bond acceptors (Lipinski definition) is 6. The van der Waals surface area contributed by atoms with E-state index in [1.54, 1.807) is 19.2 Å². The van der Waals surface area contributed by atoms with Crippen LogP contribution in [0.25, 0.3) is 27.4 Å². The molecule has 8 heteroatoms. The minimum Gasteiger partial charge on any atom is -0.497 e. The summed E-state index contributed by atoms with van der Waals surface area (Å²) in [6.07, 6.45) is 2.15. The van der Waals surface area contributed by atoms with Crippen LogP contribution in [0.3, 0.4) is 0 Å². The molecule has 4 aromatic carbocycles. The fraction of sp³-hybridized carbons (Fsp3) is 0.0345. The van der Waals surface area contributed by atoms with Gasteiger partial charge in [-0.15, -0.1) is 0 Å². The van der Waals surface area contributed by atoms with Gasteiger partial charge in [0.25, 0.3) is 5.69 Å². The number of rotatable bonds is 7. The maximum Gasteiger partial charge on any atom is 0.269 e. The van der Waals surface area contributed by atoms with Crippen LogP contribution in [0.5, 0.6) is 5.75 Å². The summed E-state index contributed by atoms with van der Waals surface area (Å²) >= 11 is 6.25. The number of hydrogen-bond donors (Lipinski definition) is 1. The lowest BCUT2D eigenvalue weighted by atomic mass is 9.97. The number of carbonyl (C=O) groups is 1. The molecule has 0 saturated heterocycles. The van der Waals surface area contributed by atoms with Crippen LogP contribution in [0.2, 0.25) is 5.02 Å². The molecule has 0 fully saturated rings. The highest BCUT2D eigenvalue weighted by Gasteiger charge is 2.13. The van der Waals surface area contributed by atoms with Gasteiger partial charge in [0.15, 0.2) is 0 Å². The zero-order valence-corrected chi connectivity index (χ0v) is 20.4. The van der Waals surface area contributed by atoms with E-state index in [4.69, 9.17) is 21.3 Å². The molecule has 0 saturated carbocycles. The zero-order chi connectivity index (χ0) is 25.9. The molecule has 37 heavy (non-hydrogen) atoms. The fourth-order valence-electron chi connectivity index (χ4n) is 4.26. The van der Waals surface area contributed by atoms with E-state index in [0.717, 1.165) is 38.7 Å². The van der Waals surface area contributed by atoms with E-state index in [1.807, 2.05) is 60.7 Å². The number of non-ortho nitro benzene ring substituents is 1. The van der Waals surface area contributed by atoms with Crippen molar-refractivity contribution in [2.24, 2.45) is 0 Å². The van der Waals surface area contributed by atoms with Crippen LogP contribution in [0, 0.1) is 10.1 Å². The number of aldehydes is 1. The van der Waals surface area contributed by atoms with Crippen molar-refractivity contribution in [3.63, 3.8) is 0 Å². The zero-order valence-electron chi connectivity index (χ0n) is 19.6. The van der Waals surface area contributed by atoms with Crippen LogP contribution in [0.15, 0.2) is 91.0 Å². The molecule has 0 aliphatic carbocycles. The summed E-state index contributed by atoms with van der Waals surface area (Å²) in [6.45, 7) is 0. The van der Waals surface area contributed by atoms with Crippen LogP contribution >= 0.6 is 11.6 Å². The van der Waals surface area contributed by atoms with Crippen molar-refractivity contribution < 1.29 is 14.5 Å². The Kier molecular flexibility index (Phi) is 6.53. The number of carbonyl (C=O) groups excluding carboxylic acids is 1. The molecule has 0 bridgehead atoms. The number of nitro benzene ring substituents is 1. The quantitative estimate of drug-likeness (QED) is 0.0811. The van der Waals surface area contributed by atoms with Crippen molar-refractivity contribution in [3.8, 4) is 5.75 Å². The fourth-order valence-corrected chi connectivity index (χ4v) is 4.42. The van der Waals surface area contributed by atoms with E-state index < -0.39 is 4.92 Å². The predicted octanol–water partition coefficient (Wildman–Crippen LogP) is 7.33. The molecule has 0 amide bonds. The summed E-state index contributed by atoms with van der Waals surface area (Å²) < 4.78 is 5.45. The molecule has 1 N–H and O–H groups in total. The second-order valence-corrected chi connectivity index (χ2v) is 8.69. The third kappa shape index (κ3) is 4.85. The van der Waals surface area contributed by atoms with Gasteiger partial charge in [0.2, 0.25) is 0 Å². The Bertz CT molecular complexity index is 1700. The lowest BCUT2D eigenvalue weighted by Crippen LogP contribution is -1.97.